The Kier molecular flexibility index (Phi) is 1.19. The van der Waals surface area contributed by atoms with Gasteiger partial charge < -0.3 is 10.3 Å². The fourth-order valence-corrected chi connectivity index (χ4v) is 1.08. The van der Waals surface area contributed by atoms with Gasteiger partial charge in [-0.1, -0.05) is 12.2 Å². The normalized spacial score (nSPS) is 21.7. The molecule has 58 valence electrons. The van der Waals surface area contributed by atoms with Crippen LogP contribution in [0.3, 0.4) is 0 Å². The molecule has 0 bridgehead atoms. The zero-order valence-electron chi connectivity index (χ0n) is 5.60. The highest BCUT2D eigenvalue weighted by atomic mass is 16.8. The van der Waals surface area contributed by atoms with E-state index in [9.17, 15) is 10.3 Å². The zero-order chi connectivity index (χ0) is 7.84. The Morgan fingerprint density at radius 3 is 3.36 bits per heavy atom. The van der Waals surface area contributed by atoms with Crippen molar-refractivity contribution in [1.82, 2.24) is 5.16 Å². The summed E-state index contributed by atoms with van der Waals surface area (Å²) in [6, 6.07) is 0. The molecule has 2 rings (SSSR count). The highest BCUT2D eigenvalue weighted by molar-refractivity contribution is 5.20. The Balaban J connectivity index is 2.52. The quantitative estimate of drug-likeness (QED) is 0.402. The Bertz CT molecular complexity index is 305. The molecule has 1 unspecified atom stereocenters. The minimum Gasteiger partial charge on any atom is -0.380 e. The van der Waals surface area contributed by atoms with Crippen LogP contribution in [0, 0.1) is 5.21 Å². The first kappa shape index (κ1) is 6.36. The molecule has 1 aromatic heterocycles. The summed E-state index contributed by atoms with van der Waals surface area (Å²) in [7, 11) is 0. The van der Waals surface area contributed by atoms with Crippen molar-refractivity contribution in [2.75, 3.05) is 0 Å². The fourth-order valence-electron chi connectivity index (χ4n) is 1.08. The van der Waals surface area contributed by atoms with Crippen molar-refractivity contribution >= 4 is 0 Å². The van der Waals surface area contributed by atoms with E-state index in [1.807, 2.05) is 0 Å². The summed E-state index contributed by atoms with van der Waals surface area (Å²) < 4.78 is 4.30. The van der Waals surface area contributed by atoms with Gasteiger partial charge in [0.05, 0.1) is 0 Å². The molecule has 1 aliphatic carbocycles. The van der Waals surface area contributed by atoms with Crippen molar-refractivity contribution in [2.24, 2.45) is 0 Å². The molecule has 1 N–H and O–H groups in total. The van der Waals surface area contributed by atoms with Crippen molar-refractivity contribution in [1.29, 1.82) is 0 Å². The van der Waals surface area contributed by atoms with Crippen molar-refractivity contribution < 1.29 is 14.6 Å². The summed E-state index contributed by atoms with van der Waals surface area (Å²) in [5, 5.41) is 23.4. The summed E-state index contributed by atoms with van der Waals surface area (Å²) in [4.78, 5) is 0.321. The fraction of sp³-hybridized carbons (Fsp3) is 0.333. The highest BCUT2D eigenvalue weighted by Crippen LogP contribution is 2.19. The first-order chi connectivity index (χ1) is 5.29. The van der Waals surface area contributed by atoms with E-state index in [4.69, 9.17) is 0 Å². The first-order valence-electron chi connectivity index (χ1n) is 3.22. The summed E-state index contributed by atoms with van der Waals surface area (Å²) in [6.07, 6.45) is 2.96. The largest absolute Gasteiger partial charge is 0.380 e. The second-order valence-corrected chi connectivity index (χ2v) is 2.34. The van der Waals surface area contributed by atoms with Gasteiger partial charge in [-0.25, -0.2) is 0 Å². The number of nitrogens with zero attached hydrogens (tertiary/aromatic N) is 2. The third-order valence-corrected chi connectivity index (χ3v) is 1.64. The minimum atomic E-state index is -0.794. The molecule has 5 nitrogen and oxygen atoms in total. The Hall–Kier alpha value is -1.36. The minimum absolute atomic E-state index is 0.321. The standard InChI is InChI=1S/C6H6N2O3/c9-5-3-1-2-4-6(5)7-11-8(4)10/h1,3,5,9H,2H2. The van der Waals surface area contributed by atoms with Gasteiger partial charge in [-0.2, -0.15) is 0 Å². The van der Waals surface area contributed by atoms with Crippen LogP contribution in [-0.2, 0) is 6.42 Å². The van der Waals surface area contributed by atoms with Crippen LogP contribution in [0.15, 0.2) is 16.8 Å². The van der Waals surface area contributed by atoms with Crippen molar-refractivity contribution in [3.8, 4) is 0 Å². The Morgan fingerprint density at radius 1 is 1.82 bits per heavy atom. The molecule has 0 spiro atoms. The predicted molar refractivity (Wildman–Crippen MR) is 33.3 cm³/mol. The number of aliphatic hydroxyl groups is 1. The predicted octanol–water partition coefficient (Wildman–Crippen LogP) is -0.546. The van der Waals surface area contributed by atoms with Gasteiger partial charge in [0.1, 0.15) is 6.10 Å². The lowest BCUT2D eigenvalue weighted by molar-refractivity contribution is -0.807. The maximum Gasteiger partial charge on any atom is 0.253 e. The molecule has 0 amide bonds. The van der Waals surface area contributed by atoms with Gasteiger partial charge in [0.25, 0.3) is 5.69 Å². The van der Waals surface area contributed by atoms with Crippen LogP contribution in [0.2, 0.25) is 0 Å². The third kappa shape index (κ3) is 0.813. The van der Waals surface area contributed by atoms with Crippen molar-refractivity contribution in [3.05, 3.63) is 28.7 Å². The van der Waals surface area contributed by atoms with Gasteiger partial charge >= 0.3 is 0 Å². The summed E-state index contributed by atoms with van der Waals surface area (Å²) in [6.45, 7) is 0. The zero-order valence-corrected chi connectivity index (χ0v) is 5.60. The number of allylic oxidation sites excluding steroid dienone is 1. The molecule has 0 aliphatic heterocycles. The second-order valence-electron chi connectivity index (χ2n) is 2.34. The maximum absolute atomic E-state index is 10.8. The van der Waals surface area contributed by atoms with E-state index in [-0.39, 0.29) is 0 Å². The molecule has 0 fully saturated rings. The Labute approximate surface area is 62.1 Å². The van der Waals surface area contributed by atoms with Gasteiger partial charge in [-0.05, 0) is 4.90 Å². The average molecular weight is 154 g/mol. The summed E-state index contributed by atoms with van der Waals surface area (Å²) in [5.74, 6) is 0. The van der Waals surface area contributed by atoms with E-state index in [1.54, 1.807) is 12.2 Å². The van der Waals surface area contributed by atoms with Crippen LogP contribution >= 0.6 is 0 Å². The van der Waals surface area contributed by atoms with Crippen LogP contribution in [0.1, 0.15) is 17.5 Å². The van der Waals surface area contributed by atoms with Crippen LogP contribution in [-0.4, -0.2) is 10.3 Å². The van der Waals surface area contributed by atoms with Gasteiger partial charge in [-0.3, -0.25) is 4.63 Å². The van der Waals surface area contributed by atoms with Crippen molar-refractivity contribution in [3.63, 3.8) is 0 Å². The summed E-state index contributed by atoms with van der Waals surface area (Å²) >= 11 is 0. The summed E-state index contributed by atoms with van der Waals surface area (Å²) in [5.41, 5.74) is 0.711. The number of aliphatic hydroxyl groups excluding tert-OH is 1. The van der Waals surface area contributed by atoms with Crippen molar-refractivity contribution in [2.45, 2.75) is 12.5 Å². The number of aromatic nitrogens is 2. The Morgan fingerprint density at radius 2 is 2.64 bits per heavy atom. The van der Waals surface area contributed by atoms with Gasteiger partial charge in [-0.15, -0.1) is 0 Å². The molecule has 1 aliphatic rings. The number of hydrogen-bond donors (Lipinski definition) is 1. The number of rotatable bonds is 0. The van der Waals surface area contributed by atoms with E-state index in [2.05, 4.69) is 9.79 Å². The van der Waals surface area contributed by atoms with Crippen LogP contribution in [0.5, 0.6) is 0 Å². The van der Waals surface area contributed by atoms with Crippen LogP contribution in [0.25, 0.3) is 0 Å². The molecular weight excluding hydrogens is 148 g/mol. The molecule has 5 heteroatoms. The molecule has 1 aromatic rings. The van der Waals surface area contributed by atoms with E-state index < -0.39 is 6.10 Å². The maximum atomic E-state index is 10.8. The van der Waals surface area contributed by atoms with Crippen LogP contribution < -0.4 is 4.90 Å². The van der Waals surface area contributed by atoms with Gasteiger partial charge in [0, 0.05) is 11.6 Å². The average Bonchev–Trinajstić information content (AvgIpc) is 2.35. The van der Waals surface area contributed by atoms with Gasteiger partial charge in [0.2, 0.25) is 5.69 Å². The SMILES string of the molecule is [O-][n+]1onc2c1CC=CC2O. The second kappa shape index (κ2) is 2.06. The lowest BCUT2D eigenvalue weighted by Crippen LogP contribution is -2.29. The molecular formula is C6H6N2O3. The third-order valence-electron chi connectivity index (χ3n) is 1.64. The van der Waals surface area contributed by atoms with E-state index in [1.165, 1.54) is 0 Å². The molecule has 1 heterocycles. The van der Waals surface area contributed by atoms with Gasteiger partial charge in [0.15, 0.2) is 0 Å². The number of fused-ring (bicyclic) bond motifs is 1. The lowest BCUT2D eigenvalue weighted by Gasteiger charge is -2.03. The van der Waals surface area contributed by atoms with Crippen LogP contribution in [0.4, 0.5) is 0 Å². The topological polar surface area (TPSA) is 73.2 Å². The van der Waals surface area contributed by atoms with E-state index >= 15 is 0 Å². The number of hydrogen-bond acceptors (Lipinski definition) is 4. The lowest BCUT2D eigenvalue weighted by atomic mass is 10.1. The molecule has 11 heavy (non-hydrogen) atoms. The van der Waals surface area contributed by atoms with E-state index in [0.717, 1.165) is 0 Å². The highest BCUT2D eigenvalue weighted by Gasteiger charge is 2.26. The monoisotopic (exact) mass is 154 g/mol. The van der Waals surface area contributed by atoms with E-state index in [0.29, 0.717) is 22.7 Å². The molecule has 0 saturated carbocycles. The first-order valence-corrected chi connectivity index (χ1v) is 3.22. The smallest absolute Gasteiger partial charge is 0.253 e. The molecule has 0 saturated heterocycles. The molecule has 0 radical (unpaired) electrons. The molecule has 0 aromatic carbocycles. The molecule has 1 atom stereocenters.